The molecular weight excluding hydrogens is 218 g/mol. The molecule has 5 nitrogen and oxygen atoms in total. The zero-order valence-corrected chi connectivity index (χ0v) is 9.48. The lowest BCUT2D eigenvalue weighted by Crippen LogP contribution is -2.24. The highest BCUT2D eigenvalue weighted by Gasteiger charge is 1.99. The van der Waals surface area contributed by atoms with Gasteiger partial charge in [0.15, 0.2) is 0 Å². The third-order valence-corrected chi connectivity index (χ3v) is 2.12. The Bertz CT molecular complexity index is 412. The molecule has 0 spiro atoms. The Morgan fingerprint density at radius 1 is 1.47 bits per heavy atom. The van der Waals surface area contributed by atoms with E-state index in [1.807, 2.05) is 18.2 Å². The number of nitrogens with one attached hydrogen (secondary N) is 1. The van der Waals surface area contributed by atoms with Gasteiger partial charge in [0.2, 0.25) is 5.91 Å². The fourth-order valence-corrected chi connectivity index (χ4v) is 1.32. The molecule has 0 aliphatic carbocycles. The van der Waals surface area contributed by atoms with Crippen molar-refractivity contribution in [2.45, 2.75) is 6.54 Å². The molecule has 0 saturated carbocycles. The summed E-state index contributed by atoms with van der Waals surface area (Å²) in [4.78, 5) is 10.4. The Kier molecular flexibility index (Phi) is 5.72. The summed E-state index contributed by atoms with van der Waals surface area (Å²) < 4.78 is 4.99. The fourth-order valence-electron chi connectivity index (χ4n) is 1.32. The third-order valence-electron chi connectivity index (χ3n) is 2.12. The van der Waals surface area contributed by atoms with Crippen LogP contribution in [0.15, 0.2) is 24.3 Å². The molecule has 0 radical (unpaired) electrons. The second-order valence-electron chi connectivity index (χ2n) is 3.46. The number of nitriles is 1. The number of nitrogens with zero attached hydrogens (tertiary/aromatic N) is 1. The van der Waals surface area contributed by atoms with Crippen molar-refractivity contribution >= 4 is 5.91 Å². The Morgan fingerprint density at radius 3 is 2.94 bits per heavy atom. The zero-order chi connectivity index (χ0) is 12.5. The van der Waals surface area contributed by atoms with Gasteiger partial charge in [-0.1, -0.05) is 18.2 Å². The predicted molar refractivity (Wildman–Crippen MR) is 62.9 cm³/mol. The van der Waals surface area contributed by atoms with Crippen LogP contribution in [0.1, 0.15) is 11.1 Å². The highest BCUT2D eigenvalue weighted by Crippen LogP contribution is 2.06. The van der Waals surface area contributed by atoms with Crippen LogP contribution < -0.4 is 11.1 Å². The first-order valence-electron chi connectivity index (χ1n) is 5.29. The molecule has 1 amide bonds. The van der Waals surface area contributed by atoms with Crippen LogP contribution in [0.2, 0.25) is 0 Å². The van der Waals surface area contributed by atoms with Crippen molar-refractivity contribution in [2.75, 3.05) is 19.8 Å². The quantitative estimate of drug-likeness (QED) is 0.656. The standard InChI is InChI=1S/C12H15N3O2/c13-7-10-3-1-2-4-11(10)8-15-5-6-17-9-12(14)16/h1-4,15H,5-6,8-9H2,(H2,14,16). The van der Waals surface area contributed by atoms with E-state index < -0.39 is 5.91 Å². The number of rotatable bonds is 7. The van der Waals surface area contributed by atoms with Crippen molar-refractivity contribution in [3.63, 3.8) is 0 Å². The molecule has 0 saturated heterocycles. The average Bonchev–Trinajstić information content (AvgIpc) is 2.33. The van der Waals surface area contributed by atoms with E-state index in [4.69, 9.17) is 15.7 Å². The van der Waals surface area contributed by atoms with E-state index >= 15 is 0 Å². The van der Waals surface area contributed by atoms with Crippen LogP contribution in [0.25, 0.3) is 0 Å². The summed E-state index contributed by atoms with van der Waals surface area (Å²) in [5.41, 5.74) is 6.53. The van der Waals surface area contributed by atoms with Crippen molar-refractivity contribution in [2.24, 2.45) is 5.73 Å². The normalized spacial score (nSPS) is 9.82. The number of carbonyl (C=O) groups is 1. The molecule has 1 aromatic rings. The van der Waals surface area contributed by atoms with E-state index in [-0.39, 0.29) is 6.61 Å². The van der Waals surface area contributed by atoms with E-state index in [0.29, 0.717) is 25.3 Å². The highest BCUT2D eigenvalue weighted by atomic mass is 16.5. The minimum absolute atomic E-state index is 0.0591. The van der Waals surface area contributed by atoms with Gasteiger partial charge >= 0.3 is 0 Å². The maximum absolute atomic E-state index is 10.4. The molecule has 0 bridgehead atoms. The Balaban J connectivity index is 2.22. The summed E-state index contributed by atoms with van der Waals surface area (Å²) in [7, 11) is 0. The van der Waals surface area contributed by atoms with Crippen LogP contribution in [-0.2, 0) is 16.1 Å². The second kappa shape index (κ2) is 7.39. The summed E-state index contributed by atoms with van der Waals surface area (Å²) in [5, 5.41) is 12.0. The van der Waals surface area contributed by atoms with Crippen LogP contribution in [-0.4, -0.2) is 25.7 Å². The van der Waals surface area contributed by atoms with E-state index in [0.717, 1.165) is 5.56 Å². The zero-order valence-electron chi connectivity index (χ0n) is 9.48. The lowest BCUT2D eigenvalue weighted by Gasteiger charge is -2.06. The van der Waals surface area contributed by atoms with E-state index in [1.165, 1.54) is 0 Å². The Morgan fingerprint density at radius 2 is 2.24 bits per heavy atom. The molecule has 1 rings (SSSR count). The first kappa shape index (κ1) is 13.2. The number of nitrogens with two attached hydrogens (primary N) is 1. The molecule has 0 atom stereocenters. The second-order valence-corrected chi connectivity index (χ2v) is 3.46. The molecule has 5 heteroatoms. The molecular formula is C12H15N3O2. The van der Waals surface area contributed by atoms with Gasteiger partial charge in [0.25, 0.3) is 0 Å². The number of primary amides is 1. The van der Waals surface area contributed by atoms with Crippen molar-refractivity contribution in [3.05, 3.63) is 35.4 Å². The van der Waals surface area contributed by atoms with Gasteiger partial charge in [-0.3, -0.25) is 4.79 Å². The molecule has 0 aliphatic rings. The van der Waals surface area contributed by atoms with Crippen molar-refractivity contribution in [1.82, 2.24) is 5.32 Å². The summed E-state index contributed by atoms with van der Waals surface area (Å²) in [6, 6.07) is 9.53. The van der Waals surface area contributed by atoms with Gasteiger partial charge in [-0.15, -0.1) is 0 Å². The van der Waals surface area contributed by atoms with Crippen LogP contribution in [0, 0.1) is 11.3 Å². The van der Waals surface area contributed by atoms with Crippen molar-refractivity contribution < 1.29 is 9.53 Å². The van der Waals surface area contributed by atoms with Crippen LogP contribution in [0.5, 0.6) is 0 Å². The number of amides is 1. The summed E-state index contributed by atoms with van der Waals surface area (Å²) in [5.74, 6) is -0.472. The minimum Gasteiger partial charge on any atom is -0.370 e. The number of ether oxygens (including phenoxy) is 1. The minimum atomic E-state index is -0.472. The molecule has 3 N–H and O–H groups in total. The number of carbonyl (C=O) groups excluding carboxylic acids is 1. The predicted octanol–water partition coefficient (Wildman–Crippen LogP) is 0.150. The van der Waals surface area contributed by atoms with Crippen LogP contribution >= 0.6 is 0 Å². The van der Waals surface area contributed by atoms with Gasteiger partial charge in [0, 0.05) is 13.1 Å². The monoisotopic (exact) mass is 233 g/mol. The SMILES string of the molecule is N#Cc1ccccc1CNCCOCC(N)=O. The molecule has 0 aliphatic heterocycles. The molecule has 90 valence electrons. The van der Waals surface area contributed by atoms with Crippen molar-refractivity contribution in [1.29, 1.82) is 5.26 Å². The van der Waals surface area contributed by atoms with Gasteiger partial charge in [0.1, 0.15) is 6.61 Å². The molecule has 1 aromatic carbocycles. The maximum atomic E-state index is 10.4. The Hall–Kier alpha value is -1.90. The van der Waals surface area contributed by atoms with Crippen LogP contribution in [0.3, 0.4) is 0 Å². The molecule has 0 aromatic heterocycles. The van der Waals surface area contributed by atoms with E-state index in [9.17, 15) is 4.79 Å². The Labute approximate surface area is 100 Å². The number of benzene rings is 1. The molecule has 0 fully saturated rings. The van der Waals surface area contributed by atoms with Crippen LogP contribution in [0.4, 0.5) is 0 Å². The topological polar surface area (TPSA) is 88.1 Å². The molecule has 17 heavy (non-hydrogen) atoms. The van der Waals surface area contributed by atoms with Gasteiger partial charge in [-0.2, -0.15) is 5.26 Å². The largest absolute Gasteiger partial charge is 0.370 e. The van der Waals surface area contributed by atoms with Gasteiger partial charge in [-0.25, -0.2) is 0 Å². The highest BCUT2D eigenvalue weighted by molar-refractivity contribution is 5.74. The number of hydrogen-bond donors (Lipinski definition) is 2. The lowest BCUT2D eigenvalue weighted by molar-refractivity contribution is -0.122. The number of hydrogen-bond acceptors (Lipinski definition) is 4. The first-order valence-corrected chi connectivity index (χ1v) is 5.29. The van der Waals surface area contributed by atoms with E-state index in [2.05, 4.69) is 11.4 Å². The summed E-state index contributed by atoms with van der Waals surface area (Å²) in [6.07, 6.45) is 0. The molecule has 0 heterocycles. The van der Waals surface area contributed by atoms with Crippen molar-refractivity contribution in [3.8, 4) is 6.07 Å². The first-order chi connectivity index (χ1) is 8.24. The third kappa shape index (κ3) is 5.11. The van der Waals surface area contributed by atoms with E-state index in [1.54, 1.807) is 6.07 Å². The average molecular weight is 233 g/mol. The summed E-state index contributed by atoms with van der Waals surface area (Å²) in [6.45, 7) is 1.56. The van der Waals surface area contributed by atoms with Gasteiger partial charge in [-0.05, 0) is 11.6 Å². The molecule has 0 unspecified atom stereocenters. The smallest absolute Gasteiger partial charge is 0.243 e. The maximum Gasteiger partial charge on any atom is 0.243 e. The fraction of sp³-hybridized carbons (Fsp3) is 0.333. The van der Waals surface area contributed by atoms with Gasteiger partial charge < -0.3 is 15.8 Å². The van der Waals surface area contributed by atoms with Gasteiger partial charge in [0.05, 0.1) is 18.2 Å². The summed E-state index contributed by atoms with van der Waals surface area (Å²) >= 11 is 0. The lowest BCUT2D eigenvalue weighted by atomic mass is 10.1.